The molecular formula is C22H20Cl2N4O3S. The first kappa shape index (κ1) is 22.4. The van der Waals surface area contributed by atoms with Gasteiger partial charge in [0.15, 0.2) is 11.5 Å². The lowest BCUT2D eigenvalue weighted by Crippen LogP contribution is -2.13. The molecule has 0 aliphatic rings. The van der Waals surface area contributed by atoms with Crippen LogP contribution in [0.3, 0.4) is 0 Å². The zero-order valence-electron chi connectivity index (χ0n) is 17.4. The number of carbonyl (C=O) groups is 1. The first-order chi connectivity index (χ1) is 15.5. The Kier molecular flexibility index (Phi) is 6.83. The predicted molar refractivity (Wildman–Crippen MR) is 127 cm³/mol. The van der Waals surface area contributed by atoms with Gasteiger partial charge in [0.2, 0.25) is 16.8 Å². The van der Waals surface area contributed by atoms with E-state index in [0.717, 1.165) is 16.8 Å². The fraction of sp³-hybridized carbons (Fsp3) is 0.227. The van der Waals surface area contributed by atoms with Crippen molar-refractivity contribution >= 4 is 51.4 Å². The van der Waals surface area contributed by atoms with Crippen LogP contribution in [0.5, 0.6) is 11.5 Å². The Morgan fingerprint density at radius 1 is 1.19 bits per heavy atom. The Labute approximate surface area is 198 Å². The normalized spacial score (nSPS) is 11.0. The number of anilines is 1. The Morgan fingerprint density at radius 3 is 2.78 bits per heavy atom. The van der Waals surface area contributed by atoms with Crippen LogP contribution in [0, 0.1) is 0 Å². The van der Waals surface area contributed by atoms with Crippen LogP contribution in [0.4, 0.5) is 5.95 Å². The van der Waals surface area contributed by atoms with Gasteiger partial charge in [0.1, 0.15) is 0 Å². The van der Waals surface area contributed by atoms with Crippen LogP contribution >= 0.6 is 34.5 Å². The van der Waals surface area contributed by atoms with Crippen LogP contribution in [0.15, 0.2) is 41.8 Å². The van der Waals surface area contributed by atoms with Gasteiger partial charge in [0, 0.05) is 22.4 Å². The third-order valence-corrected chi connectivity index (χ3v) is 6.07. The average molecular weight is 491 g/mol. The van der Waals surface area contributed by atoms with Gasteiger partial charge in [-0.3, -0.25) is 10.1 Å². The van der Waals surface area contributed by atoms with Gasteiger partial charge < -0.3 is 9.47 Å². The second kappa shape index (κ2) is 9.77. The Morgan fingerprint density at radius 2 is 2.03 bits per heavy atom. The van der Waals surface area contributed by atoms with Crippen LogP contribution in [0.25, 0.3) is 16.2 Å². The maximum absolute atomic E-state index is 12.5. The summed E-state index contributed by atoms with van der Waals surface area (Å²) in [6.45, 7) is 2.47. The summed E-state index contributed by atoms with van der Waals surface area (Å²) in [6.07, 6.45) is 0.822. The van der Waals surface area contributed by atoms with Gasteiger partial charge in [0.25, 0.3) is 0 Å². The van der Waals surface area contributed by atoms with Crippen LogP contribution in [-0.2, 0) is 11.2 Å². The first-order valence-electron chi connectivity index (χ1n) is 9.87. The van der Waals surface area contributed by atoms with Crippen LogP contribution in [-0.4, -0.2) is 34.2 Å². The topological polar surface area (TPSA) is 77.8 Å². The number of methoxy groups -OCH3 is 1. The van der Waals surface area contributed by atoms with Crippen molar-refractivity contribution in [2.45, 2.75) is 19.8 Å². The molecule has 32 heavy (non-hydrogen) atoms. The number of hydrogen-bond acceptors (Lipinski definition) is 6. The summed E-state index contributed by atoms with van der Waals surface area (Å²) in [5.74, 6) is 1.40. The van der Waals surface area contributed by atoms with E-state index >= 15 is 0 Å². The summed E-state index contributed by atoms with van der Waals surface area (Å²) in [7, 11) is 1.59. The monoisotopic (exact) mass is 490 g/mol. The van der Waals surface area contributed by atoms with Crippen molar-refractivity contribution in [3.63, 3.8) is 0 Å². The number of benzene rings is 2. The van der Waals surface area contributed by atoms with Gasteiger partial charge in [-0.2, -0.15) is 4.98 Å². The number of aryl methyl sites for hydroxylation is 1. The number of halogens is 2. The summed E-state index contributed by atoms with van der Waals surface area (Å²) in [5.41, 5.74) is 2.54. The molecule has 0 unspecified atom stereocenters. The van der Waals surface area contributed by atoms with E-state index in [1.165, 1.54) is 11.3 Å². The SMILES string of the molecule is CCOc1ccc(CCC(=O)Nc2nc3scc(-c4ccc(Cl)cc4Cl)n3n2)cc1OC. The van der Waals surface area contributed by atoms with Gasteiger partial charge in [0.05, 0.1) is 24.4 Å². The van der Waals surface area contributed by atoms with Crippen molar-refractivity contribution in [1.29, 1.82) is 0 Å². The smallest absolute Gasteiger partial charge is 0.250 e. The minimum atomic E-state index is -0.179. The Hall–Kier alpha value is -2.81. The molecule has 0 saturated carbocycles. The molecule has 4 rings (SSSR count). The highest BCUT2D eigenvalue weighted by Gasteiger charge is 2.16. The molecule has 0 radical (unpaired) electrons. The van der Waals surface area contributed by atoms with Crippen molar-refractivity contribution in [3.8, 4) is 22.8 Å². The molecule has 0 saturated heterocycles. The van der Waals surface area contributed by atoms with E-state index < -0.39 is 0 Å². The Balaban J connectivity index is 1.44. The molecule has 0 atom stereocenters. The summed E-state index contributed by atoms with van der Waals surface area (Å²) in [5, 5.41) is 10.2. The fourth-order valence-electron chi connectivity index (χ4n) is 3.20. The number of aromatic nitrogens is 3. The summed E-state index contributed by atoms with van der Waals surface area (Å²) >= 11 is 13.7. The molecule has 2 aromatic carbocycles. The van der Waals surface area contributed by atoms with Gasteiger partial charge in [-0.05, 0) is 49.2 Å². The number of nitrogens with zero attached hydrogens (tertiary/aromatic N) is 3. The van der Waals surface area contributed by atoms with Crippen LogP contribution < -0.4 is 14.8 Å². The summed E-state index contributed by atoms with van der Waals surface area (Å²) < 4.78 is 12.6. The average Bonchev–Trinajstić information content (AvgIpc) is 3.33. The van der Waals surface area contributed by atoms with E-state index in [2.05, 4.69) is 15.4 Å². The third kappa shape index (κ3) is 4.82. The number of hydrogen-bond donors (Lipinski definition) is 1. The van der Waals surface area contributed by atoms with E-state index in [0.29, 0.717) is 39.5 Å². The molecular weight excluding hydrogens is 471 g/mol. The molecule has 0 fully saturated rings. The first-order valence-corrected chi connectivity index (χ1v) is 11.5. The minimum Gasteiger partial charge on any atom is -0.493 e. The van der Waals surface area contributed by atoms with Gasteiger partial charge in [-0.25, -0.2) is 4.52 Å². The molecule has 10 heteroatoms. The molecule has 0 aliphatic heterocycles. The van der Waals surface area contributed by atoms with Crippen LogP contribution in [0.2, 0.25) is 10.0 Å². The highest BCUT2D eigenvalue weighted by atomic mass is 35.5. The molecule has 2 aromatic heterocycles. The molecule has 1 amide bonds. The molecule has 2 heterocycles. The van der Waals surface area contributed by atoms with Crippen LogP contribution in [0.1, 0.15) is 18.9 Å². The summed E-state index contributed by atoms with van der Waals surface area (Å²) in [4.78, 5) is 17.5. The van der Waals surface area contributed by atoms with Gasteiger partial charge in [-0.15, -0.1) is 16.4 Å². The number of rotatable bonds is 8. The minimum absolute atomic E-state index is 0.179. The number of carbonyl (C=O) groups excluding carboxylic acids is 1. The van der Waals surface area contributed by atoms with E-state index in [1.807, 2.05) is 36.6 Å². The molecule has 0 aliphatic carbocycles. The second-order valence-corrected chi connectivity index (χ2v) is 8.52. The second-order valence-electron chi connectivity index (χ2n) is 6.84. The largest absolute Gasteiger partial charge is 0.493 e. The number of nitrogens with one attached hydrogen (secondary N) is 1. The van der Waals surface area contributed by atoms with Crippen molar-refractivity contribution in [2.75, 3.05) is 19.0 Å². The van der Waals surface area contributed by atoms with E-state index in [9.17, 15) is 4.79 Å². The van der Waals surface area contributed by atoms with Gasteiger partial charge >= 0.3 is 0 Å². The lowest BCUT2D eigenvalue weighted by atomic mass is 10.1. The highest BCUT2D eigenvalue weighted by molar-refractivity contribution is 7.15. The molecule has 1 N–H and O–H groups in total. The quantitative estimate of drug-likeness (QED) is 0.340. The lowest BCUT2D eigenvalue weighted by molar-refractivity contribution is -0.116. The lowest BCUT2D eigenvalue weighted by Gasteiger charge is -2.10. The number of fused-ring (bicyclic) bond motifs is 1. The predicted octanol–water partition coefficient (Wildman–Crippen LogP) is 5.74. The maximum atomic E-state index is 12.5. The number of ether oxygens (including phenoxy) is 2. The third-order valence-electron chi connectivity index (χ3n) is 4.71. The fourth-order valence-corrected chi connectivity index (χ4v) is 4.53. The summed E-state index contributed by atoms with van der Waals surface area (Å²) in [6, 6.07) is 10.9. The molecule has 166 valence electrons. The molecule has 7 nitrogen and oxygen atoms in total. The van der Waals surface area contributed by atoms with E-state index in [1.54, 1.807) is 23.8 Å². The number of thiazole rings is 1. The van der Waals surface area contributed by atoms with Gasteiger partial charge in [-0.1, -0.05) is 29.3 Å². The van der Waals surface area contributed by atoms with Crippen molar-refractivity contribution in [1.82, 2.24) is 14.6 Å². The zero-order chi connectivity index (χ0) is 22.7. The van der Waals surface area contributed by atoms with E-state index in [-0.39, 0.29) is 18.3 Å². The Bertz CT molecular complexity index is 1270. The van der Waals surface area contributed by atoms with Crippen molar-refractivity contribution < 1.29 is 14.3 Å². The standard InChI is InChI=1S/C22H20Cl2N4O3S/c1-3-31-18-8-4-13(10-19(18)30-2)5-9-20(29)25-21-26-22-28(27-21)17(12-32-22)15-7-6-14(23)11-16(15)24/h4,6-8,10-12H,3,5,9H2,1-2H3,(H,25,27,29). The maximum Gasteiger partial charge on any atom is 0.250 e. The zero-order valence-corrected chi connectivity index (χ0v) is 19.7. The highest BCUT2D eigenvalue weighted by Crippen LogP contribution is 2.33. The van der Waals surface area contributed by atoms with Crippen molar-refractivity contribution in [3.05, 3.63) is 57.4 Å². The number of amides is 1. The van der Waals surface area contributed by atoms with Crippen molar-refractivity contribution in [2.24, 2.45) is 0 Å². The van der Waals surface area contributed by atoms with E-state index in [4.69, 9.17) is 32.7 Å². The molecule has 4 aromatic rings. The molecule has 0 spiro atoms. The molecule has 0 bridgehead atoms.